The van der Waals surface area contributed by atoms with E-state index in [4.69, 9.17) is 4.74 Å². The fourth-order valence-corrected chi connectivity index (χ4v) is 3.45. The second kappa shape index (κ2) is 6.07. The third kappa shape index (κ3) is 3.27. The molecule has 0 aromatic heterocycles. The normalized spacial score (nSPS) is 28.1. The summed E-state index contributed by atoms with van der Waals surface area (Å²) in [6, 6.07) is 5.80. The van der Waals surface area contributed by atoms with E-state index in [0.29, 0.717) is 0 Å². The van der Waals surface area contributed by atoms with Crippen molar-refractivity contribution in [2.75, 3.05) is 0 Å². The molecule has 1 aromatic rings. The summed E-state index contributed by atoms with van der Waals surface area (Å²) in [7, 11) is 0. The van der Waals surface area contributed by atoms with Gasteiger partial charge in [-0.3, -0.25) is 0 Å². The second-order valence-corrected chi connectivity index (χ2v) is 6.40. The SMILES string of the molecule is CC1CC(C)CC(Oc2c(Br)cccc2CO)C1. The first-order chi connectivity index (χ1) is 8.60. The molecule has 0 heterocycles. The van der Waals surface area contributed by atoms with Crippen molar-refractivity contribution in [2.24, 2.45) is 11.8 Å². The summed E-state index contributed by atoms with van der Waals surface area (Å²) in [6.45, 7) is 4.60. The maximum atomic E-state index is 9.38. The van der Waals surface area contributed by atoms with E-state index in [-0.39, 0.29) is 12.7 Å². The van der Waals surface area contributed by atoms with Gasteiger partial charge in [-0.2, -0.15) is 0 Å². The summed E-state index contributed by atoms with van der Waals surface area (Å²) < 4.78 is 7.07. The van der Waals surface area contributed by atoms with Crippen molar-refractivity contribution < 1.29 is 9.84 Å². The van der Waals surface area contributed by atoms with Crippen molar-refractivity contribution >= 4 is 15.9 Å². The molecule has 0 amide bonds. The van der Waals surface area contributed by atoms with Gasteiger partial charge < -0.3 is 9.84 Å². The number of rotatable bonds is 3. The zero-order chi connectivity index (χ0) is 13.1. The molecule has 0 bridgehead atoms. The lowest BCUT2D eigenvalue weighted by atomic mass is 9.82. The standard InChI is InChI=1S/C15H21BrO2/c1-10-6-11(2)8-13(7-10)18-15-12(9-17)4-3-5-14(15)16/h3-5,10-11,13,17H,6-9H2,1-2H3. The third-order valence-corrected chi connectivity index (χ3v) is 4.26. The number of hydrogen-bond donors (Lipinski definition) is 1. The van der Waals surface area contributed by atoms with Crippen LogP contribution in [-0.2, 0) is 6.61 Å². The Hall–Kier alpha value is -0.540. The predicted molar refractivity (Wildman–Crippen MR) is 76.7 cm³/mol. The zero-order valence-electron chi connectivity index (χ0n) is 11.0. The molecule has 3 heteroatoms. The lowest BCUT2D eigenvalue weighted by Gasteiger charge is -2.32. The van der Waals surface area contributed by atoms with E-state index in [1.165, 1.54) is 6.42 Å². The van der Waals surface area contributed by atoms with Crippen molar-refractivity contribution in [1.82, 2.24) is 0 Å². The fourth-order valence-electron chi connectivity index (χ4n) is 2.95. The minimum absolute atomic E-state index is 0.0204. The quantitative estimate of drug-likeness (QED) is 0.908. The van der Waals surface area contributed by atoms with Gasteiger partial charge in [-0.05, 0) is 53.1 Å². The van der Waals surface area contributed by atoms with Crippen LogP contribution in [0.15, 0.2) is 22.7 Å². The van der Waals surface area contributed by atoms with Crippen LogP contribution in [0.2, 0.25) is 0 Å². The molecule has 100 valence electrons. The highest BCUT2D eigenvalue weighted by Crippen LogP contribution is 2.35. The van der Waals surface area contributed by atoms with Crippen LogP contribution in [0.3, 0.4) is 0 Å². The Labute approximate surface area is 117 Å². The first-order valence-electron chi connectivity index (χ1n) is 6.65. The van der Waals surface area contributed by atoms with Crippen molar-refractivity contribution in [1.29, 1.82) is 0 Å². The molecule has 2 unspecified atom stereocenters. The lowest BCUT2D eigenvalue weighted by molar-refractivity contribution is 0.0977. The molecule has 1 saturated carbocycles. The van der Waals surface area contributed by atoms with Gasteiger partial charge in [0.2, 0.25) is 0 Å². The molecule has 0 aliphatic heterocycles. The van der Waals surface area contributed by atoms with Gasteiger partial charge in [0.1, 0.15) is 5.75 Å². The molecule has 1 fully saturated rings. The summed E-state index contributed by atoms with van der Waals surface area (Å²) >= 11 is 3.51. The van der Waals surface area contributed by atoms with E-state index in [1.54, 1.807) is 0 Å². The van der Waals surface area contributed by atoms with Crippen LogP contribution < -0.4 is 4.74 Å². The summed E-state index contributed by atoms with van der Waals surface area (Å²) in [5.74, 6) is 2.25. The van der Waals surface area contributed by atoms with Gasteiger partial charge >= 0.3 is 0 Å². The molecular formula is C15H21BrO2. The van der Waals surface area contributed by atoms with Crippen molar-refractivity contribution in [3.05, 3.63) is 28.2 Å². The van der Waals surface area contributed by atoms with Crippen LogP contribution in [-0.4, -0.2) is 11.2 Å². The number of hydrogen-bond acceptors (Lipinski definition) is 2. The Balaban J connectivity index is 2.13. The molecule has 18 heavy (non-hydrogen) atoms. The average Bonchev–Trinajstić information content (AvgIpc) is 2.30. The van der Waals surface area contributed by atoms with Crippen LogP contribution in [0.5, 0.6) is 5.75 Å². The lowest BCUT2D eigenvalue weighted by Crippen LogP contribution is -2.28. The van der Waals surface area contributed by atoms with E-state index in [0.717, 1.165) is 40.5 Å². The molecule has 0 spiro atoms. The Kier molecular flexibility index (Phi) is 4.68. The van der Waals surface area contributed by atoms with Crippen LogP contribution in [0.4, 0.5) is 0 Å². The number of halogens is 1. The first-order valence-corrected chi connectivity index (χ1v) is 7.44. The average molecular weight is 313 g/mol. The largest absolute Gasteiger partial charge is 0.489 e. The van der Waals surface area contributed by atoms with E-state index in [1.807, 2.05) is 18.2 Å². The molecule has 1 aliphatic rings. The van der Waals surface area contributed by atoms with Gasteiger partial charge in [0.25, 0.3) is 0 Å². The fraction of sp³-hybridized carbons (Fsp3) is 0.600. The number of aliphatic hydroxyl groups excluding tert-OH is 1. The highest BCUT2D eigenvalue weighted by molar-refractivity contribution is 9.10. The van der Waals surface area contributed by atoms with Crippen molar-refractivity contribution in [2.45, 2.75) is 45.8 Å². The molecule has 1 aromatic carbocycles. The van der Waals surface area contributed by atoms with Gasteiger partial charge in [-0.25, -0.2) is 0 Å². The third-order valence-electron chi connectivity index (χ3n) is 3.64. The van der Waals surface area contributed by atoms with Gasteiger partial charge in [0.05, 0.1) is 17.2 Å². The highest BCUT2D eigenvalue weighted by Gasteiger charge is 2.26. The van der Waals surface area contributed by atoms with Crippen LogP contribution in [0.25, 0.3) is 0 Å². The summed E-state index contributed by atoms with van der Waals surface area (Å²) in [6.07, 6.45) is 3.78. The topological polar surface area (TPSA) is 29.5 Å². The van der Waals surface area contributed by atoms with Crippen molar-refractivity contribution in [3.8, 4) is 5.75 Å². The molecule has 1 aliphatic carbocycles. The molecule has 0 radical (unpaired) electrons. The van der Waals surface area contributed by atoms with Gasteiger partial charge in [-0.15, -0.1) is 0 Å². The maximum absolute atomic E-state index is 9.38. The Bertz CT molecular complexity index is 395. The number of ether oxygens (including phenoxy) is 1. The minimum Gasteiger partial charge on any atom is -0.489 e. The maximum Gasteiger partial charge on any atom is 0.139 e. The highest BCUT2D eigenvalue weighted by atomic mass is 79.9. The summed E-state index contributed by atoms with van der Waals surface area (Å²) in [5.41, 5.74) is 0.857. The van der Waals surface area contributed by atoms with Crippen LogP contribution in [0.1, 0.15) is 38.7 Å². The Morgan fingerprint density at radius 3 is 2.50 bits per heavy atom. The second-order valence-electron chi connectivity index (χ2n) is 5.54. The first kappa shape index (κ1) is 13.9. The van der Waals surface area contributed by atoms with Crippen LogP contribution >= 0.6 is 15.9 Å². The molecular weight excluding hydrogens is 292 g/mol. The number of aliphatic hydroxyl groups is 1. The smallest absolute Gasteiger partial charge is 0.139 e. The molecule has 2 rings (SSSR count). The summed E-state index contributed by atoms with van der Waals surface area (Å²) in [5, 5.41) is 9.38. The molecule has 1 N–H and O–H groups in total. The van der Waals surface area contributed by atoms with E-state index in [9.17, 15) is 5.11 Å². The molecule has 2 atom stereocenters. The zero-order valence-corrected chi connectivity index (χ0v) is 12.6. The number of para-hydroxylation sites is 1. The Morgan fingerprint density at radius 1 is 1.22 bits per heavy atom. The van der Waals surface area contributed by atoms with Gasteiger partial charge in [-0.1, -0.05) is 26.0 Å². The van der Waals surface area contributed by atoms with Gasteiger partial charge in [0, 0.05) is 5.56 Å². The monoisotopic (exact) mass is 312 g/mol. The van der Waals surface area contributed by atoms with E-state index >= 15 is 0 Å². The van der Waals surface area contributed by atoms with Gasteiger partial charge in [0.15, 0.2) is 0 Å². The van der Waals surface area contributed by atoms with E-state index < -0.39 is 0 Å². The molecule has 0 saturated heterocycles. The minimum atomic E-state index is 0.0204. The van der Waals surface area contributed by atoms with Crippen LogP contribution in [0, 0.1) is 11.8 Å². The van der Waals surface area contributed by atoms with E-state index in [2.05, 4.69) is 29.8 Å². The predicted octanol–water partition coefficient (Wildman–Crippen LogP) is 4.14. The number of benzene rings is 1. The van der Waals surface area contributed by atoms with Crippen molar-refractivity contribution in [3.63, 3.8) is 0 Å². The Morgan fingerprint density at radius 2 is 1.89 bits per heavy atom. The summed E-state index contributed by atoms with van der Waals surface area (Å²) in [4.78, 5) is 0. The molecule has 2 nitrogen and oxygen atoms in total.